The number of fused-ring (bicyclic) bond motifs is 1. The van der Waals surface area contributed by atoms with E-state index in [1.165, 1.54) is 11.3 Å². The first-order chi connectivity index (χ1) is 14.1. The number of hydrogen-bond donors (Lipinski definition) is 1. The van der Waals surface area contributed by atoms with E-state index in [0.717, 1.165) is 48.5 Å². The molecule has 2 aromatic carbocycles. The van der Waals surface area contributed by atoms with Crippen LogP contribution in [-0.2, 0) is 0 Å². The normalized spacial score (nSPS) is 12.2. The van der Waals surface area contributed by atoms with E-state index in [1.807, 2.05) is 52.8 Å². The lowest BCUT2D eigenvalue weighted by Gasteiger charge is -2.11. The summed E-state index contributed by atoms with van der Waals surface area (Å²) in [6.07, 6.45) is 3.78. The maximum Gasteiger partial charge on any atom is 0.205 e. The predicted octanol–water partition coefficient (Wildman–Crippen LogP) is 4.89. The van der Waals surface area contributed by atoms with Crippen molar-refractivity contribution in [3.05, 3.63) is 62.8 Å². The Balaban J connectivity index is 1.84. The van der Waals surface area contributed by atoms with E-state index in [-0.39, 0.29) is 0 Å². The van der Waals surface area contributed by atoms with Crippen LogP contribution in [0.3, 0.4) is 0 Å². The van der Waals surface area contributed by atoms with Gasteiger partial charge in [0, 0.05) is 45.1 Å². The van der Waals surface area contributed by atoms with Crippen molar-refractivity contribution < 1.29 is 9.47 Å². The number of aromatic amines is 1. The van der Waals surface area contributed by atoms with Crippen LogP contribution in [0.5, 0.6) is 11.5 Å². The quantitative estimate of drug-likeness (QED) is 0.422. The van der Waals surface area contributed by atoms with Crippen molar-refractivity contribution in [2.45, 2.75) is 0 Å². The number of hydrogen-bond acceptors (Lipinski definition) is 5. The summed E-state index contributed by atoms with van der Waals surface area (Å²) < 4.78 is 13.8. The molecule has 148 valence electrons. The Bertz CT molecular complexity index is 1270. The minimum absolute atomic E-state index is 0.742. The standard InChI is InChI=1S/C21H19BrN4O2S/c1-23-21-26(25-11-13-10-24-18-6-4-14(22)8-16(13)18)19(12-29-21)17-9-15(27-2)5-7-20(17)28-3/h4-12,24H,1-3H3. The molecule has 0 amide bonds. The fourth-order valence-corrected chi connectivity index (χ4v) is 4.26. The van der Waals surface area contributed by atoms with E-state index < -0.39 is 0 Å². The number of aromatic nitrogens is 2. The van der Waals surface area contributed by atoms with Crippen LogP contribution >= 0.6 is 27.3 Å². The van der Waals surface area contributed by atoms with Gasteiger partial charge in [0.05, 0.1) is 26.1 Å². The first-order valence-corrected chi connectivity index (χ1v) is 10.5. The third kappa shape index (κ3) is 3.73. The maximum absolute atomic E-state index is 5.56. The molecule has 2 aromatic heterocycles. The van der Waals surface area contributed by atoms with Crippen LogP contribution in [0.2, 0.25) is 0 Å². The van der Waals surface area contributed by atoms with Gasteiger partial charge in [0.2, 0.25) is 4.80 Å². The Kier molecular flexibility index (Phi) is 5.55. The monoisotopic (exact) mass is 470 g/mol. The van der Waals surface area contributed by atoms with Crippen molar-refractivity contribution in [2.24, 2.45) is 10.1 Å². The molecule has 0 aliphatic carbocycles. The molecular formula is C21H19BrN4O2S. The van der Waals surface area contributed by atoms with Gasteiger partial charge in [0.25, 0.3) is 0 Å². The van der Waals surface area contributed by atoms with Crippen LogP contribution in [0.15, 0.2) is 62.5 Å². The number of rotatable bonds is 5. The number of ether oxygens (including phenoxy) is 2. The van der Waals surface area contributed by atoms with Crippen molar-refractivity contribution in [3.63, 3.8) is 0 Å². The molecule has 4 rings (SSSR count). The summed E-state index contributed by atoms with van der Waals surface area (Å²) in [5, 5.41) is 7.85. The molecule has 0 saturated carbocycles. The number of benzene rings is 2. The van der Waals surface area contributed by atoms with Crippen molar-refractivity contribution in [3.8, 4) is 22.8 Å². The number of halogens is 1. The number of methoxy groups -OCH3 is 2. The molecule has 0 aliphatic heterocycles. The van der Waals surface area contributed by atoms with E-state index >= 15 is 0 Å². The number of thiazole rings is 1. The van der Waals surface area contributed by atoms with Crippen LogP contribution in [0.25, 0.3) is 22.2 Å². The lowest BCUT2D eigenvalue weighted by molar-refractivity contribution is 0.404. The van der Waals surface area contributed by atoms with E-state index in [2.05, 4.69) is 32.0 Å². The molecule has 1 N–H and O–H groups in total. The molecule has 0 atom stereocenters. The number of H-pyrrole nitrogens is 1. The van der Waals surface area contributed by atoms with Crippen LogP contribution in [-0.4, -0.2) is 37.1 Å². The Morgan fingerprint density at radius 1 is 1.14 bits per heavy atom. The smallest absolute Gasteiger partial charge is 0.205 e. The van der Waals surface area contributed by atoms with Crippen LogP contribution in [0.4, 0.5) is 0 Å². The van der Waals surface area contributed by atoms with E-state index in [4.69, 9.17) is 14.6 Å². The molecule has 0 radical (unpaired) electrons. The molecule has 6 nitrogen and oxygen atoms in total. The van der Waals surface area contributed by atoms with Gasteiger partial charge in [0.1, 0.15) is 11.5 Å². The van der Waals surface area contributed by atoms with Crippen molar-refractivity contribution in [1.82, 2.24) is 9.66 Å². The highest BCUT2D eigenvalue weighted by molar-refractivity contribution is 9.10. The zero-order chi connectivity index (χ0) is 20.4. The molecule has 29 heavy (non-hydrogen) atoms. The lowest BCUT2D eigenvalue weighted by Crippen LogP contribution is -2.11. The molecule has 0 bridgehead atoms. The van der Waals surface area contributed by atoms with Crippen molar-refractivity contribution in [1.29, 1.82) is 0 Å². The maximum atomic E-state index is 5.56. The summed E-state index contributed by atoms with van der Waals surface area (Å²) in [6.45, 7) is 0. The minimum atomic E-state index is 0.742. The fourth-order valence-electron chi connectivity index (χ4n) is 3.10. The Morgan fingerprint density at radius 3 is 2.76 bits per heavy atom. The summed E-state index contributed by atoms with van der Waals surface area (Å²) in [4.78, 5) is 8.43. The summed E-state index contributed by atoms with van der Waals surface area (Å²) >= 11 is 5.05. The van der Waals surface area contributed by atoms with Crippen molar-refractivity contribution >= 4 is 44.4 Å². The third-order valence-corrected chi connectivity index (χ3v) is 5.95. The Labute approximate surface area is 180 Å². The summed E-state index contributed by atoms with van der Waals surface area (Å²) in [7, 11) is 5.06. The minimum Gasteiger partial charge on any atom is -0.497 e. The second kappa shape index (κ2) is 8.26. The highest BCUT2D eigenvalue weighted by Gasteiger charge is 2.14. The molecule has 8 heteroatoms. The second-order valence-electron chi connectivity index (χ2n) is 6.18. The summed E-state index contributed by atoms with van der Waals surface area (Å²) in [5.41, 5.74) is 3.81. The lowest BCUT2D eigenvalue weighted by atomic mass is 10.1. The summed E-state index contributed by atoms with van der Waals surface area (Å²) in [5.74, 6) is 1.49. The molecular weight excluding hydrogens is 452 g/mol. The second-order valence-corrected chi connectivity index (χ2v) is 7.94. The zero-order valence-corrected chi connectivity index (χ0v) is 18.5. The fraction of sp³-hybridized carbons (Fsp3) is 0.143. The van der Waals surface area contributed by atoms with Gasteiger partial charge >= 0.3 is 0 Å². The van der Waals surface area contributed by atoms with Crippen LogP contribution in [0, 0.1) is 0 Å². The zero-order valence-electron chi connectivity index (χ0n) is 16.1. The molecule has 2 heterocycles. The van der Waals surface area contributed by atoms with E-state index in [1.54, 1.807) is 21.3 Å². The Hall–Kier alpha value is -2.84. The number of nitrogens with one attached hydrogen (secondary N) is 1. The highest BCUT2D eigenvalue weighted by Crippen LogP contribution is 2.33. The van der Waals surface area contributed by atoms with E-state index in [9.17, 15) is 0 Å². The van der Waals surface area contributed by atoms with Gasteiger partial charge in [-0.05, 0) is 36.4 Å². The summed E-state index contributed by atoms with van der Waals surface area (Å²) in [6, 6.07) is 11.8. The van der Waals surface area contributed by atoms with Gasteiger partial charge < -0.3 is 14.5 Å². The van der Waals surface area contributed by atoms with Gasteiger partial charge in [-0.25, -0.2) is 4.68 Å². The highest BCUT2D eigenvalue weighted by atomic mass is 79.9. The van der Waals surface area contributed by atoms with Gasteiger partial charge in [-0.2, -0.15) is 5.10 Å². The van der Waals surface area contributed by atoms with Crippen molar-refractivity contribution in [2.75, 3.05) is 21.3 Å². The molecule has 0 unspecified atom stereocenters. The molecule has 0 fully saturated rings. The van der Waals surface area contributed by atoms with Gasteiger partial charge in [0.15, 0.2) is 0 Å². The predicted molar refractivity (Wildman–Crippen MR) is 121 cm³/mol. The van der Waals surface area contributed by atoms with E-state index in [0.29, 0.717) is 0 Å². The average molecular weight is 471 g/mol. The first-order valence-electron chi connectivity index (χ1n) is 8.81. The van der Waals surface area contributed by atoms with Crippen LogP contribution in [0.1, 0.15) is 5.56 Å². The van der Waals surface area contributed by atoms with Gasteiger partial charge in [-0.1, -0.05) is 15.9 Å². The average Bonchev–Trinajstić information content (AvgIpc) is 3.34. The topological polar surface area (TPSA) is 63.9 Å². The SMILES string of the molecule is CN=c1scc(-c2cc(OC)ccc2OC)n1N=Cc1c[nH]c2ccc(Br)cc12. The molecule has 0 aliphatic rings. The molecule has 4 aromatic rings. The molecule has 0 saturated heterocycles. The number of nitrogens with zero attached hydrogens (tertiary/aromatic N) is 3. The molecule has 0 spiro atoms. The Morgan fingerprint density at radius 2 is 2.00 bits per heavy atom. The largest absolute Gasteiger partial charge is 0.497 e. The van der Waals surface area contributed by atoms with Crippen LogP contribution < -0.4 is 14.3 Å². The van der Waals surface area contributed by atoms with Gasteiger partial charge in [-0.3, -0.25) is 4.99 Å². The van der Waals surface area contributed by atoms with Gasteiger partial charge in [-0.15, -0.1) is 11.3 Å². The third-order valence-electron chi connectivity index (χ3n) is 4.55. The first kappa shape index (κ1) is 19.5.